The molecule has 0 aliphatic heterocycles. The first-order chi connectivity index (χ1) is 8.20. The van der Waals surface area contributed by atoms with E-state index in [2.05, 4.69) is 27.9 Å². The van der Waals surface area contributed by atoms with Crippen LogP contribution in [-0.2, 0) is 4.79 Å². The quantitative estimate of drug-likeness (QED) is 0.263. The SMILES string of the molecule is CCCCCN=C(NCC)NCCNC(C)=O.I. The monoisotopic (exact) mass is 370 g/mol. The molecule has 1 amide bonds. The minimum absolute atomic E-state index is 0. The van der Waals surface area contributed by atoms with Gasteiger partial charge in [0.25, 0.3) is 0 Å². The number of hydrogen-bond acceptors (Lipinski definition) is 2. The van der Waals surface area contributed by atoms with Crippen molar-refractivity contribution in [2.24, 2.45) is 4.99 Å². The Balaban J connectivity index is 0. The van der Waals surface area contributed by atoms with Crippen LogP contribution in [0.25, 0.3) is 0 Å². The molecule has 0 unspecified atom stereocenters. The van der Waals surface area contributed by atoms with Crippen molar-refractivity contribution in [3.8, 4) is 0 Å². The number of carbonyl (C=O) groups is 1. The van der Waals surface area contributed by atoms with Gasteiger partial charge in [-0.05, 0) is 13.3 Å². The van der Waals surface area contributed by atoms with E-state index in [0.29, 0.717) is 13.1 Å². The van der Waals surface area contributed by atoms with E-state index in [9.17, 15) is 4.79 Å². The van der Waals surface area contributed by atoms with Crippen molar-refractivity contribution in [1.82, 2.24) is 16.0 Å². The molecule has 0 atom stereocenters. The van der Waals surface area contributed by atoms with Gasteiger partial charge < -0.3 is 16.0 Å². The van der Waals surface area contributed by atoms with Gasteiger partial charge in [0.1, 0.15) is 0 Å². The van der Waals surface area contributed by atoms with Crippen LogP contribution >= 0.6 is 24.0 Å². The zero-order chi connectivity index (χ0) is 12.9. The predicted octanol–water partition coefficient (Wildman–Crippen LogP) is 1.49. The zero-order valence-electron chi connectivity index (χ0n) is 11.7. The average molecular weight is 370 g/mol. The van der Waals surface area contributed by atoms with Gasteiger partial charge in [-0.25, -0.2) is 0 Å². The topological polar surface area (TPSA) is 65.5 Å². The molecule has 0 fully saturated rings. The summed E-state index contributed by atoms with van der Waals surface area (Å²) in [5.74, 6) is 0.825. The number of halogens is 1. The molecule has 0 aromatic heterocycles. The van der Waals surface area contributed by atoms with Crippen LogP contribution in [0.3, 0.4) is 0 Å². The molecule has 6 heteroatoms. The molecule has 0 saturated heterocycles. The second-order valence-electron chi connectivity index (χ2n) is 3.88. The van der Waals surface area contributed by atoms with Crippen LogP contribution in [0.1, 0.15) is 40.0 Å². The van der Waals surface area contributed by atoms with Crippen LogP contribution in [0, 0.1) is 0 Å². The van der Waals surface area contributed by atoms with Gasteiger partial charge in [-0.15, -0.1) is 24.0 Å². The van der Waals surface area contributed by atoms with E-state index in [1.165, 1.54) is 19.8 Å². The molecule has 0 aromatic carbocycles. The minimum Gasteiger partial charge on any atom is -0.357 e. The van der Waals surface area contributed by atoms with Crippen molar-refractivity contribution in [3.05, 3.63) is 0 Å². The molecular weight excluding hydrogens is 343 g/mol. The number of hydrogen-bond donors (Lipinski definition) is 3. The zero-order valence-corrected chi connectivity index (χ0v) is 14.0. The third-order valence-corrected chi connectivity index (χ3v) is 2.17. The highest BCUT2D eigenvalue weighted by atomic mass is 127. The van der Waals surface area contributed by atoms with Crippen molar-refractivity contribution >= 4 is 35.8 Å². The molecule has 3 N–H and O–H groups in total. The molecule has 108 valence electrons. The van der Waals surface area contributed by atoms with Crippen LogP contribution in [0.5, 0.6) is 0 Å². The lowest BCUT2D eigenvalue weighted by atomic mass is 10.2. The highest BCUT2D eigenvalue weighted by Gasteiger charge is 1.96. The number of aliphatic imine (C=N–C) groups is 1. The van der Waals surface area contributed by atoms with E-state index in [0.717, 1.165) is 25.5 Å². The molecule has 0 aliphatic carbocycles. The van der Waals surface area contributed by atoms with Gasteiger partial charge in [0.15, 0.2) is 5.96 Å². The smallest absolute Gasteiger partial charge is 0.216 e. The Hall–Kier alpha value is -0.530. The van der Waals surface area contributed by atoms with Gasteiger partial charge in [-0.2, -0.15) is 0 Å². The molecule has 5 nitrogen and oxygen atoms in total. The molecule has 0 rings (SSSR count). The lowest BCUT2D eigenvalue weighted by molar-refractivity contribution is -0.118. The van der Waals surface area contributed by atoms with E-state index in [1.54, 1.807) is 0 Å². The molecule has 18 heavy (non-hydrogen) atoms. The Morgan fingerprint density at radius 2 is 1.72 bits per heavy atom. The van der Waals surface area contributed by atoms with Crippen molar-refractivity contribution in [3.63, 3.8) is 0 Å². The Morgan fingerprint density at radius 3 is 2.28 bits per heavy atom. The number of unbranched alkanes of at least 4 members (excludes halogenated alkanes) is 2. The number of nitrogens with zero attached hydrogens (tertiary/aromatic N) is 1. The van der Waals surface area contributed by atoms with Gasteiger partial charge in [0.05, 0.1) is 0 Å². The maximum Gasteiger partial charge on any atom is 0.216 e. The van der Waals surface area contributed by atoms with Gasteiger partial charge in [-0.1, -0.05) is 19.8 Å². The summed E-state index contributed by atoms with van der Waals surface area (Å²) in [6, 6.07) is 0. The van der Waals surface area contributed by atoms with Gasteiger partial charge >= 0.3 is 0 Å². The van der Waals surface area contributed by atoms with Crippen molar-refractivity contribution in [2.45, 2.75) is 40.0 Å². The maximum atomic E-state index is 10.7. The molecule has 0 radical (unpaired) electrons. The first kappa shape index (κ1) is 19.8. The highest BCUT2D eigenvalue weighted by Crippen LogP contribution is 1.93. The third-order valence-electron chi connectivity index (χ3n) is 2.17. The number of nitrogens with one attached hydrogen (secondary N) is 3. The Bertz CT molecular complexity index is 234. The van der Waals surface area contributed by atoms with E-state index in [-0.39, 0.29) is 29.9 Å². The second kappa shape index (κ2) is 14.5. The fourth-order valence-electron chi connectivity index (χ4n) is 1.31. The Morgan fingerprint density at radius 1 is 1.06 bits per heavy atom. The van der Waals surface area contributed by atoms with Crippen LogP contribution in [0.15, 0.2) is 4.99 Å². The molecule has 0 spiro atoms. The van der Waals surface area contributed by atoms with Crippen molar-refractivity contribution in [2.75, 3.05) is 26.2 Å². The maximum absolute atomic E-state index is 10.7. The van der Waals surface area contributed by atoms with E-state index < -0.39 is 0 Å². The first-order valence-corrected chi connectivity index (χ1v) is 6.47. The van der Waals surface area contributed by atoms with Gasteiger partial charge in [0.2, 0.25) is 5.91 Å². The summed E-state index contributed by atoms with van der Waals surface area (Å²) in [5, 5.41) is 9.09. The lowest BCUT2D eigenvalue weighted by Crippen LogP contribution is -2.41. The van der Waals surface area contributed by atoms with Crippen LogP contribution < -0.4 is 16.0 Å². The minimum atomic E-state index is -0.00307. The molecule has 0 aromatic rings. The number of amides is 1. The van der Waals surface area contributed by atoms with Gasteiger partial charge in [-0.3, -0.25) is 9.79 Å². The van der Waals surface area contributed by atoms with E-state index in [1.807, 2.05) is 6.92 Å². The summed E-state index contributed by atoms with van der Waals surface area (Å²) in [4.78, 5) is 15.1. The predicted molar refractivity (Wildman–Crippen MR) is 87.6 cm³/mol. The summed E-state index contributed by atoms with van der Waals surface area (Å²) < 4.78 is 0. The summed E-state index contributed by atoms with van der Waals surface area (Å²) in [6.45, 7) is 8.75. The molecule has 0 bridgehead atoms. The summed E-state index contributed by atoms with van der Waals surface area (Å²) in [5.41, 5.74) is 0. The molecular formula is C12H27IN4O. The lowest BCUT2D eigenvalue weighted by Gasteiger charge is -2.11. The Labute approximate surface area is 128 Å². The Kier molecular flexibility index (Phi) is 16.0. The van der Waals surface area contributed by atoms with Crippen molar-refractivity contribution in [1.29, 1.82) is 0 Å². The fraction of sp³-hybridized carbons (Fsp3) is 0.833. The van der Waals surface area contributed by atoms with Crippen LogP contribution in [-0.4, -0.2) is 38.0 Å². The summed E-state index contributed by atoms with van der Waals surface area (Å²) in [7, 11) is 0. The first-order valence-electron chi connectivity index (χ1n) is 6.47. The normalized spacial score (nSPS) is 10.5. The van der Waals surface area contributed by atoms with Crippen LogP contribution in [0.4, 0.5) is 0 Å². The number of rotatable bonds is 8. The van der Waals surface area contributed by atoms with Crippen molar-refractivity contribution < 1.29 is 4.79 Å². The standard InChI is InChI=1S/C12H26N4O.HI/c1-4-6-7-8-15-12(13-5-2)16-10-9-14-11(3)17;/h4-10H2,1-3H3,(H,14,17)(H2,13,15,16);1H. The summed E-state index contributed by atoms with van der Waals surface area (Å²) in [6.07, 6.45) is 3.55. The average Bonchev–Trinajstić information content (AvgIpc) is 2.29. The fourth-order valence-corrected chi connectivity index (χ4v) is 1.31. The molecule has 0 aliphatic rings. The van der Waals surface area contributed by atoms with E-state index in [4.69, 9.17) is 0 Å². The molecule has 0 saturated carbocycles. The number of carbonyl (C=O) groups excluding carboxylic acids is 1. The largest absolute Gasteiger partial charge is 0.357 e. The summed E-state index contributed by atoms with van der Waals surface area (Å²) >= 11 is 0. The highest BCUT2D eigenvalue weighted by molar-refractivity contribution is 14.0. The third kappa shape index (κ3) is 13.5. The van der Waals surface area contributed by atoms with Crippen LogP contribution in [0.2, 0.25) is 0 Å². The van der Waals surface area contributed by atoms with Gasteiger partial charge in [0, 0.05) is 33.1 Å². The number of guanidine groups is 1. The second-order valence-corrected chi connectivity index (χ2v) is 3.88. The van der Waals surface area contributed by atoms with E-state index >= 15 is 0 Å². The molecule has 0 heterocycles.